The van der Waals surface area contributed by atoms with Gasteiger partial charge in [-0.05, 0) is 18.2 Å². The van der Waals surface area contributed by atoms with Gasteiger partial charge in [0.05, 0.1) is 5.56 Å². The fourth-order valence-corrected chi connectivity index (χ4v) is 2.26. The van der Waals surface area contributed by atoms with Crippen molar-refractivity contribution in [3.63, 3.8) is 0 Å². The molecule has 8 nitrogen and oxygen atoms in total. The standard InChI is InChI=1S/C17H17N2O2.H2O4S/c1-18(2)14-5-4-13-10-15(17(20)21-16(13)11-14)12-6-8-19(3)9-7-12;1-5(2,3)4/h4-11H,1-3H3;(H2,1,2,3,4)/q+1;/p-1. The Morgan fingerprint density at radius 2 is 1.69 bits per heavy atom. The van der Waals surface area contributed by atoms with Crippen molar-refractivity contribution in [1.82, 2.24) is 0 Å². The third kappa shape index (κ3) is 5.38. The highest BCUT2D eigenvalue weighted by Crippen LogP contribution is 2.23. The Morgan fingerprint density at radius 1 is 1.12 bits per heavy atom. The zero-order chi connectivity index (χ0) is 19.5. The molecule has 138 valence electrons. The maximum Gasteiger partial charge on any atom is 0.344 e. The lowest BCUT2D eigenvalue weighted by Crippen LogP contribution is -2.25. The van der Waals surface area contributed by atoms with E-state index in [-0.39, 0.29) is 5.63 Å². The Balaban J connectivity index is 0.000000431. The van der Waals surface area contributed by atoms with Gasteiger partial charge in [0.15, 0.2) is 12.4 Å². The van der Waals surface area contributed by atoms with Crippen LogP contribution in [0.15, 0.2) is 58.0 Å². The summed E-state index contributed by atoms with van der Waals surface area (Å²) < 4.78 is 40.2. The normalized spacial score (nSPS) is 11.0. The molecule has 0 aliphatic heterocycles. The van der Waals surface area contributed by atoms with E-state index in [0.717, 1.165) is 16.6 Å². The van der Waals surface area contributed by atoms with E-state index in [2.05, 4.69) is 0 Å². The van der Waals surface area contributed by atoms with Gasteiger partial charge >= 0.3 is 5.63 Å². The first-order valence-electron chi connectivity index (χ1n) is 7.44. The number of rotatable bonds is 2. The number of nitrogens with zero attached hydrogens (tertiary/aromatic N) is 2. The Kier molecular flexibility index (Phi) is 5.76. The molecular formula is C17H18N2O6S. The Morgan fingerprint density at radius 3 is 2.23 bits per heavy atom. The average molecular weight is 378 g/mol. The summed E-state index contributed by atoms with van der Waals surface area (Å²) in [5.41, 5.74) is 2.75. The van der Waals surface area contributed by atoms with Gasteiger partial charge in [-0.15, -0.1) is 0 Å². The summed E-state index contributed by atoms with van der Waals surface area (Å²) in [6.07, 6.45) is 3.82. The van der Waals surface area contributed by atoms with E-state index in [1.807, 2.05) is 79.4 Å². The first-order chi connectivity index (χ1) is 12.0. The predicted molar refractivity (Wildman–Crippen MR) is 95.7 cm³/mol. The number of fused-ring (bicyclic) bond motifs is 1. The second kappa shape index (κ2) is 7.65. The number of hydrogen-bond donors (Lipinski definition) is 1. The van der Waals surface area contributed by atoms with Crippen LogP contribution in [0.3, 0.4) is 0 Å². The zero-order valence-electron chi connectivity index (χ0n) is 14.4. The van der Waals surface area contributed by atoms with Crippen LogP contribution >= 0.6 is 0 Å². The molecule has 0 aliphatic rings. The molecule has 1 N–H and O–H groups in total. The van der Waals surface area contributed by atoms with Crippen molar-refractivity contribution in [1.29, 1.82) is 0 Å². The van der Waals surface area contributed by atoms with Gasteiger partial charge in [0.25, 0.3) is 0 Å². The summed E-state index contributed by atoms with van der Waals surface area (Å²) in [5, 5.41) is 0.920. The molecule has 9 heteroatoms. The van der Waals surface area contributed by atoms with Crippen LogP contribution in [-0.2, 0) is 17.4 Å². The van der Waals surface area contributed by atoms with Gasteiger partial charge in [0.1, 0.15) is 12.6 Å². The Bertz CT molecular complexity index is 1060. The van der Waals surface area contributed by atoms with E-state index in [1.54, 1.807) is 0 Å². The van der Waals surface area contributed by atoms with Gasteiger partial charge in [-0.3, -0.25) is 4.55 Å². The molecule has 0 spiro atoms. The second-order valence-corrected chi connectivity index (χ2v) is 6.60. The van der Waals surface area contributed by atoms with Crippen molar-refractivity contribution in [2.75, 3.05) is 19.0 Å². The minimum absolute atomic E-state index is 0.313. The largest absolute Gasteiger partial charge is 0.726 e. The van der Waals surface area contributed by atoms with Gasteiger partial charge < -0.3 is 13.9 Å². The first-order valence-corrected chi connectivity index (χ1v) is 8.80. The second-order valence-electron chi connectivity index (χ2n) is 5.74. The van der Waals surface area contributed by atoms with E-state index < -0.39 is 10.4 Å². The van der Waals surface area contributed by atoms with Crippen molar-refractivity contribution >= 4 is 27.1 Å². The lowest BCUT2D eigenvalue weighted by molar-refractivity contribution is -0.671. The minimum Gasteiger partial charge on any atom is -0.726 e. The van der Waals surface area contributed by atoms with Crippen LogP contribution in [0.2, 0.25) is 0 Å². The van der Waals surface area contributed by atoms with E-state index in [0.29, 0.717) is 11.1 Å². The number of aromatic nitrogens is 1. The summed E-state index contributed by atoms with van der Waals surface area (Å²) >= 11 is 0. The summed E-state index contributed by atoms with van der Waals surface area (Å²) in [4.78, 5) is 14.2. The van der Waals surface area contributed by atoms with Crippen molar-refractivity contribution < 1.29 is 26.5 Å². The number of anilines is 1. The molecule has 2 aromatic heterocycles. The number of benzene rings is 1. The molecule has 0 bridgehead atoms. The van der Waals surface area contributed by atoms with Crippen molar-refractivity contribution in [2.24, 2.45) is 7.05 Å². The summed E-state index contributed by atoms with van der Waals surface area (Å²) in [6.45, 7) is 0. The summed E-state index contributed by atoms with van der Waals surface area (Å²) in [5.74, 6) is 0. The van der Waals surface area contributed by atoms with Crippen molar-refractivity contribution in [2.45, 2.75) is 0 Å². The lowest BCUT2D eigenvalue weighted by Gasteiger charge is -2.12. The van der Waals surface area contributed by atoms with Gasteiger partial charge in [-0.25, -0.2) is 17.8 Å². The van der Waals surface area contributed by atoms with Gasteiger partial charge in [0, 0.05) is 48.9 Å². The molecule has 0 aliphatic carbocycles. The quantitative estimate of drug-likeness (QED) is 0.310. The van der Waals surface area contributed by atoms with E-state index in [1.165, 1.54) is 0 Å². The molecule has 1 aromatic carbocycles. The summed E-state index contributed by atoms with van der Waals surface area (Å²) in [7, 11) is 0.935. The lowest BCUT2D eigenvalue weighted by atomic mass is 10.1. The van der Waals surface area contributed by atoms with Crippen LogP contribution < -0.4 is 15.1 Å². The van der Waals surface area contributed by atoms with Crippen LogP contribution in [0.25, 0.3) is 22.1 Å². The fraction of sp³-hybridized carbons (Fsp3) is 0.176. The predicted octanol–water partition coefficient (Wildman–Crippen LogP) is 1.36. The molecule has 0 atom stereocenters. The smallest absolute Gasteiger partial charge is 0.344 e. The molecule has 0 amide bonds. The fourth-order valence-electron chi connectivity index (χ4n) is 2.26. The maximum atomic E-state index is 12.2. The molecule has 3 rings (SSSR count). The monoisotopic (exact) mass is 378 g/mol. The van der Waals surface area contributed by atoms with Crippen LogP contribution in [0, 0.1) is 0 Å². The third-order valence-corrected chi connectivity index (χ3v) is 3.53. The van der Waals surface area contributed by atoms with Crippen molar-refractivity contribution in [3.8, 4) is 11.1 Å². The van der Waals surface area contributed by atoms with E-state index >= 15 is 0 Å². The molecule has 3 aromatic rings. The molecule has 0 fully saturated rings. The van der Waals surface area contributed by atoms with Crippen molar-refractivity contribution in [3.05, 3.63) is 59.2 Å². The number of hydrogen-bond acceptors (Lipinski definition) is 6. The van der Waals surface area contributed by atoms with Crippen LogP contribution in [0.4, 0.5) is 5.69 Å². The number of aryl methyl sites for hydroxylation is 1. The summed E-state index contributed by atoms with van der Waals surface area (Å²) in [6, 6.07) is 11.6. The molecular weight excluding hydrogens is 360 g/mol. The van der Waals surface area contributed by atoms with Crippen LogP contribution in [0.1, 0.15) is 0 Å². The Labute approximate surface area is 150 Å². The number of pyridine rings is 1. The Hall–Kier alpha value is -2.75. The molecule has 26 heavy (non-hydrogen) atoms. The highest BCUT2D eigenvalue weighted by molar-refractivity contribution is 7.79. The molecule has 0 saturated carbocycles. The SMILES string of the molecule is CN(C)c1ccc2cc(-c3cc[n+](C)cc3)c(=O)oc2c1.O=S(=O)([O-])O. The average Bonchev–Trinajstić information content (AvgIpc) is 2.53. The first kappa shape index (κ1) is 19.6. The zero-order valence-corrected chi connectivity index (χ0v) is 15.2. The molecule has 2 heterocycles. The highest BCUT2D eigenvalue weighted by atomic mass is 32.3. The molecule has 0 saturated heterocycles. The van der Waals surface area contributed by atoms with E-state index in [4.69, 9.17) is 21.9 Å². The topological polar surface area (TPSA) is 115 Å². The van der Waals surface area contributed by atoms with E-state index in [9.17, 15) is 4.79 Å². The van der Waals surface area contributed by atoms with Gasteiger partial charge in [-0.2, -0.15) is 0 Å². The van der Waals surface area contributed by atoms with Gasteiger partial charge in [0.2, 0.25) is 10.4 Å². The van der Waals surface area contributed by atoms with Crippen LogP contribution in [-0.4, -0.2) is 31.6 Å². The third-order valence-electron chi connectivity index (χ3n) is 3.53. The minimum atomic E-state index is -4.92. The molecule has 0 radical (unpaired) electrons. The van der Waals surface area contributed by atoms with Gasteiger partial charge in [-0.1, -0.05) is 0 Å². The van der Waals surface area contributed by atoms with Crippen LogP contribution in [0.5, 0.6) is 0 Å². The molecule has 0 unspecified atom stereocenters. The highest BCUT2D eigenvalue weighted by Gasteiger charge is 2.09. The maximum absolute atomic E-state index is 12.2.